The first-order valence-corrected chi connectivity index (χ1v) is 12.2. The van der Waals surface area contributed by atoms with Crippen molar-refractivity contribution in [1.29, 1.82) is 0 Å². The van der Waals surface area contributed by atoms with Gasteiger partial charge in [0.1, 0.15) is 5.75 Å². The molecule has 1 aromatic heterocycles. The average Bonchev–Trinajstić information content (AvgIpc) is 3.28. The largest absolute Gasteiger partial charge is 0.475 e. The fourth-order valence-corrected chi connectivity index (χ4v) is 5.66. The Morgan fingerprint density at radius 3 is 2.65 bits per heavy atom. The van der Waals surface area contributed by atoms with Gasteiger partial charge in [-0.05, 0) is 59.7 Å². The predicted molar refractivity (Wildman–Crippen MR) is 125 cm³/mol. The lowest BCUT2D eigenvalue weighted by atomic mass is 9.92. The van der Waals surface area contributed by atoms with E-state index in [4.69, 9.17) is 4.74 Å². The van der Waals surface area contributed by atoms with Crippen LogP contribution >= 0.6 is 11.3 Å². The number of rotatable bonds is 2. The zero-order chi connectivity index (χ0) is 23.9. The number of halogens is 3. The van der Waals surface area contributed by atoms with Crippen molar-refractivity contribution in [3.8, 4) is 5.75 Å². The molecule has 5 rings (SSSR count). The zero-order valence-corrected chi connectivity index (χ0v) is 19.5. The molecule has 4 nitrogen and oxygen atoms in total. The molecule has 0 aliphatic carbocycles. The fraction of sp³-hybridized carbons (Fsp3) is 0.346. The number of ether oxygens (including phenoxy) is 1. The Morgan fingerprint density at radius 2 is 1.88 bits per heavy atom. The third-order valence-electron chi connectivity index (χ3n) is 6.44. The van der Waals surface area contributed by atoms with Crippen LogP contribution in [0.1, 0.15) is 51.6 Å². The first kappa shape index (κ1) is 22.9. The number of nitrogens with zero attached hydrogens (tertiary/aromatic N) is 1. The Morgan fingerprint density at radius 1 is 1.09 bits per heavy atom. The van der Waals surface area contributed by atoms with E-state index in [-0.39, 0.29) is 30.7 Å². The Labute approximate surface area is 200 Å². The van der Waals surface area contributed by atoms with Crippen LogP contribution in [0.25, 0.3) is 0 Å². The topological polar surface area (TPSA) is 41.6 Å². The molecule has 1 amide bonds. The molecule has 2 aromatic carbocycles. The van der Waals surface area contributed by atoms with Crippen molar-refractivity contribution in [1.82, 2.24) is 10.2 Å². The maximum atomic E-state index is 13.5. The average molecular weight is 487 g/mol. The first-order valence-electron chi connectivity index (χ1n) is 11.3. The summed E-state index contributed by atoms with van der Waals surface area (Å²) in [4.78, 5) is 15.9. The number of hydrogen-bond donors (Lipinski definition) is 1. The van der Waals surface area contributed by atoms with Crippen LogP contribution < -0.4 is 10.1 Å². The van der Waals surface area contributed by atoms with Crippen molar-refractivity contribution in [3.05, 3.63) is 86.6 Å². The van der Waals surface area contributed by atoms with Gasteiger partial charge in [0.15, 0.2) is 6.23 Å². The van der Waals surface area contributed by atoms with Crippen LogP contribution in [0.3, 0.4) is 0 Å². The maximum absolute atomic E-state index is 13.5. The molecular formula is C26H25F3N2O2S. The van der Waals surface area contributed by atoms with Gasteiger partial charge >= 0.3 is 6.18 Å². The molecule has 0 saturated carbocycles. The third-order valence-corrected chi connectivity index (χ3v) is 7.44. The Kier molecular flexibility index (Phi) is 6.12. The van der Waals surface area contributed by atoms with Crippen molar-refractivity contribution >= 4 is 17.2 Å². The molecule has 2 unspecified atom stereocenters. The molecule has 2 bridgehead atoms. The minimum atomic E-state index is -4.50. The normalized spacial score (nSPS) is 21.4. The standard InChI is InChI=1S/C26H25F3N2O2S/c1-16-2-4-18(5-3-16)25-21-9-11-34-22(21)8-10-31(25)24-7-6-23(32)30-15-17-12-19(26(27,28)29)14-20(13-17)33-24/h2-5,9,11-14,24-25H,6-8,10,15H2,1H3,(H,30,32). The molecule has 178 valence electrons. The lowest BCUT2D eigenvalue weighted by Gasteiger charge is -2.41. The van der Waals surface area contributed by atoms with E-state index in [1.807, 2.05) is 6.92 Å². The van der Waals surface area contributed by atoms with Crippen LogP contribution in [0, 0.1) is 6.92 Å². The highest BCUT2D eigenvalue weighted by molar-refractivity contribution is 7.10. The highest BCUT2D eigenvalue weighted by atomic mass is 32.1. The molecule has 0 radical (unpaired) electrons. The van der Waals surface area contributed by atoms with Crippen LogP contribution in [0.4, 0.5) is 13.2 Å². The number of aryl methyl sites for hydroxylation is 1. The van der Waals surface area contributed by atoms with Crippen LogP contribution in [-0.2, 0) is 23.9 Å². The maximum Gasteiger partial charge on any atom is 0.416 e. The van der Waals surface area contributed by atoms with E-state index in [1.54, 1.807) is 17.4 Å². The molecule has 2 atom stereocenters. The predicted octanol–water partition coefficient (Wildman–Crippen LogP) is 5.84. The molecule has 34 heavy (non-hydrogen) atoms. The summed E-state index contributed by atoms with van der Waals surface area (Å²) in [5.74, 6) is -0.0284. The summed E-state index contributed by atoms with van der Waals surface area (Å²) in [5, 5.41) is 4.82. The molecular weight excluding hydrogens is 461 g/mol. The fourth-order valence-electron chi connectivity index (χ4n) is 4.75. The molecule has 1 N–H and O–H groups in total. The summed E-state index contributed by atoms with van der Waals surface area (Å²) < 4.78 is 46.9. The van der Waals surface area contributed by atoms with Gasteiger partial charge in [-0.3, -0.25) is 9.69 Å². The van der Waals surface area contributed by atoms with Crippen molar-refractivity contribution < 1.29 is 22.7 Å². The Balaban J connectivity index is 1.55. The van der Waals surface area contributed by atoms with Gasteiger partial charge in [-0.2, -0.15) is 13.2 Å². The van der Waals surface area contributed by atoms with Crippen LogP contribution in [-0.4, -0.2) is 23.6 Å². The van der Waals surface area contributed by atoms with Crippen LogP contribution in [0.5, 0.6) is 5.75 Å². The minimum Gasteiger partial charge on any atom is -0.475 e. The number of nitrogens with one attached hydrogen (secondary N) is 1. The molecule has 8 heteroatoms. The van der Waals surface area contributed by atoms with Gasteiger partial charge in [-0.25, -0.2) is 0 Å². The molecule has 3 heterocycles. The second-order valence-corrected chi connectivity index (χ2v) is 9.85. The van der Waals surface area contributed by atoms with Gasteiger partial charge in [-0.15, -0.1) is 11.3 Å². The monoisotopic (exact) mass is 486 g/mol. The quantitative estimate of drug-likeness (QED) is 0.495. The van der Waals surface area contributed by atoms with Gasteiger partial charge in [-0.1, -0.05) is 29.8 Å². The Hall–Kier alpha value is -2.84. The van der Waals surface area contributed by atoms with E-state index >= 15 is 0 Å². The van der Waals surface area contributed by atoms with Crippen molar-refractivity contribution in [2.45, 2.75) is 51.2 Å². The van der Waals surface area contributed by atoms with Gasteiger partial charge in [0, 0.05) is 30.8 Å². The number of amides is 1. The van der Waals surface area contributed by atoms with Crippen LogP contribution in [0.2, 0.25) is 0 Å². The van der Waals surface area contributed by atoms with E-state index in [2.05, 4.69) is 45.9 Å². The summed E-state index contributed by atoms with van der Waals surface area (Å²) in [6.45, 7) is 2.76. The molecule has 0 saturated heterocycles. The number of fused-ring (bicyclic) bond motifs is 3. The number of thiophene rings is 1. The molecule has 2 aliphatic heterocycles. The number of carbonyl (C=O) groups excluding carboxylic acids is 1. The number of carbonyl (C=O) groups is 1. The highest BCUT2D eigenvalue weighted by Gasteiger charge is 2.37. The van der Waals surface area contributed by atoms with Crippen molar-refractivity contribution in [2.24, 2.45) is 0 Å². The summed E-state index contributed by atoms with van der Waals surface area (Å²) in [6.07, 6.45) is -3.62. The van der Waals surface area contributed by atoms with Gasteiger partial charge in [0.2, 0.25) is 5.91 Å². The van der Waals surface area contributed by atoms with Crippen LogP contribution in [0.15, 0.2) is 53.9 Å². The minimum absolute atomic E-state index is 0.0394. The van der Waals surface area contributed by atoms with E-state index in [1.165, 1.54) is 10.4 Å². The lowest BCUT2D eigenvalue weighted by Crippen LogP contribution is -2.46. The number of benzene rings is 2. The second-order valence-electron chi connectivity index (χ2n) is 8.85. The lowest BCUT2D eigenvalue weighted by molar-refractivity contribution is -0.137. The second kappa shape index (κ2) is 9.07. The van der Waals surface area contributed by atoms with E-state index in [0.29, 0.717) is 18.5 Å². The summed E-state index contributed by atoms with van der Waals surface area (Å²) >= 11 is 1.72. The number of hydrogen-bond acceptors (Lipinski definition) is 4. The SMILES string of the molecule is Cc1ccc(C2c3ccsc3CCN2C2CCC(=O)NCc3cc(cc(C(F)(F)F)c3)O2)cc1. The first-order chi connectivity index (χ1) is 16.3. The molecule has 3 aromatic rings. The van der Waals surface area contributed by atoms with E-state index in [9.17, 15) is 18.0 Å². The summed E-state index contributed by atoms with van der Waals surface area (Å²) in [6, 6.07) is 14.0. The molecule has 2 aliphatic rings. The Bertz CT molecular complexity index is 1190. The van der Waals surface area contributed by atoms with Gasteiger partial charge in [0.05, 0.1) is 11.6 Å². The summed E-state index contributed by atoms with van der Waals surface area (Å²) in [5.41, 5.74) is 3.03. The van der Waals surface area contributed by atoms with E-state index in [0.717, 1.165) is 29.7 Å². The molecule has 0 fully saturated rings. The third kappa shape index (κ3) is 4.70. The van der Waals surface area contributed by atoms with Gasteiger partial charge < -0.3 is 10.1 Å². The van der Waals surface area contributed by atoms with E-state index < -0.39 is 18.0 Å². The van der Waals surface area contributed by atoms with Crippen molar-refractivity contribution in [2.75, 3.05) is 6.54 Å². The highest BCUT2D eigenvalue weighted by Crippen LogP contribution is 2.41. The number of alkyl halides is 3. The summed E-state index contributed by atoms with van der Waals surface area (Å²) in [7, 11) is 0. The smallest absolute Gasteiger partial charge is 0.416 e. The van der Waals surface area contributed by atoms with Crippen molar-refractivity contribution in [3.63, 3.8) is 0 Å². The van der Waals surface area contributed by atoms with Gasteiger partial charge in [0.25, 0.3) is 0 Å². The molecule has 0 spiro atoms. The zero-order valence-electron chi connectivity index (χ0n) is 18.7.